The smallest absolute Gasteiger partial charge is 0.0442 e. The zero-order chi connectivity index (χ0) is 21.1. The molecule has 0 spiro atoms. The second kappa shape index (κ2) is 9.22. The summed E-state index contributed by atoms with van der Waals surface area (Å²) in [7, 11) is 0. The molecule has 0 radical (unpaired) electrons. The van der Waals surface area contributed by atoms with E-state index < -0.39 is 0 Å². The van der Waals surface area contributed by atoms with E-state index in [9.17, 15) is 0 Å². The lowest BCUT2D eigenvalue weighted by Gasteiger charge is -2.28. The van der Waals surface area contributed by atoms with Crippen molar-refractivity contribution in [3.05, 3.63) is 57.9 Å². The molecule has 0 atom stereocenters. The summed E-state index contributed by atoms with van der Waals surface area (Å²) in [5.41, 5.74) is 8.92. The van der Waals surface area contributed by atoms with E-state index in [4.69, 9.17) is 11.6 Å². The van der Waals surface area contributed by atoms with E-state index in [0.29, 0.717) is 0 Å². The first-order chi connectivity index (χ1) is 13.0. The minimum Gasteiger partial charge on any atom is -0.359 e. The number of rotatable bonds is 5. The molecule has 1 N–H and O–H groups in total. The lowest BCUT2D eigenvalue weighted by Crippen LogP contribution is -2.22. The van der Waals surface area contributed by atoms with Gasteiger partial charge >= 0.3 is 0 Å². The molecule has 1 aliphatic heterocycles. The molecule has 0 fully saturated rings. The number of hydrogen-bond donors (Lipinski definition) is 1. The lowest BCUT2D eigenvalue weighted by atomic mass is 9.90. The van der Waals surface area contributed by atoms with Gasteiger partial charge in [-0.3, -0.25) is 0 Å². The van der Waals surface area contributed by atoms with E-state index in [0.717, 1.165) is 30.1 Å². The molecule has 0 unspecified atom stereocenters. The van der Waals surface area contributed by atoms with Gasteiger partial charge in [-0.1, -0.05) is 39.0 Å². The van der Waals surface area contributed by atoms with Crippen LogP contribution in [0.4, 0.5) is 11.4 Å². The Morgan fingerprint density at radius 1 is 1.18 bits per heavy atom. The Morgan fingerprint density at radius 3 is 2.32 bits per heavy atom. The molecule has 0 aromatic heterocycles. The number of aryl methyl sites for hydroxylation is 2. The average Bonchev–Trinajstić information content (AvgIpc) is 2.71. The summed E-state index contributed by atoms with van der Waals surface area (Å²) in [6.45, 7) is 20.6. The van der Waals surface area contributed by atoms with Crippen LogP contribution in [0.15, 0.2) is 46.8 Å². The van der Waals surface area contributed by atoms with Crippen molar-refractivity contribution in [3.63, 3.8) is 0 Å². The van der Waals surface area contributed by atoms with Crippen LogP contribution < -0.4 is 10.2 Å². The first kappa shape index (κ1) is 22.6. The normalized spacial score (nSPS) is 16.3. The van der Waals surface area contributed by atoms with Gasteiger partial charge in [0.1, 0.15) is 0 Å². The highest BCUT2D eigenvalue weighted by Gasteiger charge is 2.18. The third kappa shape index (κ3) is 6.17. The van der Waals surface area contributed by atoms with Crippen LogP contribution in [-0.4, -0.2) is 6.54 Å². The monoisotopic (exact) mass is 400 g/mol. The summed E-state index contributed by atoms with van der Waals surface area (Å²) in [6, 6.07) is 4.59. The van der Waals surface area contributed by atoms with E-state index in [1.165, 1.54) is 46.6 Å². The second-order valence-electron chi connectivity index (χ2n) is 9.37. The molecular formula is C25H37ClN2. The van der Waals surface area contributed by atoms with Crippen molar-refractivity contribution in [2.45, 2.75) is 74.1 Å². The van der Waals surface area contributed by atoms with Gasteiger partial charge < -0.3 is 10.2 Å². The fraction of sp³-hybridized carbons (Fsp3) is 0.520. The zero-order valence-electron chi connectivity index (χ0n) is 18.8. The van der Waals surface area contributed by atoms with E-state index in [1.54, 1.807) is 0 Å². The van der Waals surface area contributed by atoms with Crippen molar-refractivity contribution in [2.24, 2.45) is 5.41 Å². The number of nitrogens with zero attached hydrogens (tertiary/aromatic N) is 1. The molecule has 28 heavy (non-hydrogen) atoms. The SMILES string of the molecule is C=C(CC(C)(C)C)Nc1c(C)cc(N2CCCCC(/C=C(\C)Cl)=C2C)cc1C. The van der Waals surface area contributed by atoms with Gasteiger partial charge in [-0.25, -0.2) is 0 Å². The maximum Gasteiger partial charge on any atom is 0.0442 e. The van der Waals surface area contributed by atoms with Crippen LogP contribution in [0.5, 0.6) is 0 Å². The van der Waals surface area contributed by atoms with Gasteiger partial charge in [-0.05, 0) is 93.7 Å². The standard InChI is InChI=1S/C25H37ClN2/c1-17-13-23(14-18(2)24(17)27-20(4)16-25(6,7)8)28-12-10-9-11-22(21(28)5)15-19(3)26/h13-15,27H,4,9-12,16H2,1-3,5-8H3/b19-15+. The summed E-state index contributed by atoms with van der Waals surface area (Å²) in [5.74, 6) is 0. The molecule has 0 saturated carbocycles. The fourth-order valence-electron chi connectivity index (χ4n) is 4.00. The van der Waals surface area contributed by atoms with Gasteiger partial charge in [0.05, 0.1) is 0 Å². The van der Waals surface area contributed by atoms with Crippen molar-refractivity contribution in [1.82, 2.24) is 0 Å². The first-order valence-electron chi connectivity index (χ1n) is 10.3. The van der Waals surface area contributed by atoms with Gasteiger partial charge in [0, 0.05) is 34.3 Å². The number of halogens is 1. The van der Waals surface area contributed by atoms with Crippen LogP contribution in [0.25, 0.3) is 0 Å². The predicted octanol–water partition coefficient (Wildman–Crippen LogP) is 8.07. The Balaban J connectivity index is 2.35. The molecular weight excluding hydrogens is 364 g/mol. The topological polar surface area (TPSA) is 15.3 Å². The summed E-state index contributed by atoms with van der Waals surface area (Å²) in [6.07, 6.45) is 6.57. The highest BCUT2D eigenvalue weighted by Crippen LogP contribution is 2.34. The van der Waals surface area contributed by atoms with Crippen LogP contribution >= 0.6 is 11.6 Å². The third-order valence-electron chi connectivity index (χ3n) is 5.20. The van der Waals surface area contributed by atoms with Gasteiger partial charge in [-0.2, -0.15) is 0 Å². The Labute approximate surface area is 177 Å². The van der Waals surface area contributed by atoms with Crippen molar-refractivity contribution in [2.75, 3.05) is 16.8 Å². The Kier molecular flexibility index (Phi) is 7.45. The highest BCUT2D eigenvalue weighted by atomic mass is 35.5. The highest BCUT2D eigenvalue weighted by molar-refractivity contribution is 6.29. The molecule has 1 aliphatic rings. The summed E-state index contributed by atoms with van der Waals surface area (Å²) in [5, 5.41) is 4.42. The van der Waals surface area contributed by atoms with Crippen molar-refractivity contribution in [3.8, 4) is 0 Å². The minimum atomic E-state index is 0.226. The molecule has 3 heteroatoms. The van der Waals surface area contributed by atoms with Crippen molar-refractivity contribution >= 4 is 23.0 Å². The third-order valence-corrected chi connectivity index (χ3v) is 5.30. The number of allylic oxidation sites excluding steroid dienone is 5. The van der Waals surface area contributed by atoms with Gasteiger partial charge in [0.15, 0.2) is 0 Å². The molecule has 0 saturated heterocycles. The number of hydrogen-bond acceptors (Lipinski definition) is 2. The molecule has 2 rings (SSSR count). The molecule has 0 aliphatic carbocycles. The van der Waals surface area contributed by atoms with Gasteiger partial charge in [0.25, 0.3) is 0 Å². The van der Waals surface area contributed by atoms with Crippen LogP contribution in [-0.2, 0) is 0 Å². The van der Waals surface area contributed by atoms with Crippen molar-refractivity contribution in [1.29, 1.82) is 0 Å². The second-order valence-corrected chi connectivity index (χ2v) is 9.97. The zero-order valence-corrected chi connectivity index (χ0v) is 19.6. The molecule has 0 bridgehead atoms. The van der Waals surface area contributed by atoms with E-state index in [2.05, 4.69) is 76.5 Å². The van der Waals surface area contributed by atoms with E-state index in [1.807, 2.05) is 6.92 Å². The van der Waals surface area contributed by atoms with E-state index in [-0.39, 0.29) is 5.41 Å². The fourth-order valence-corrected chi connectivity index (χ4v) is 4.13. The Morgan fingerprint density at radius 2 is 1.79 bits per heavy atom. The summed E-state index contributed by atoms with van der Waals surface area (Å²) in [4.78, 5) is 2.45. The predicted molar refractivity (Wildman–Crippen MR) is 126 cm³/mol. The van der Waals surface area contributed by atoms with Gasteiger partial charge in [0.2, 0.25) is 0 Å². The molecule has 1 heterocycles. The van der Waals surface area contributed by atoms with Crippen LogP contribution in [0, 0.1) is 19.3 Å². The molecule has 2 nitrogen and oxygen atoms in total. The van der Waals surface area contributed by atoms with Crippen LogP contribution in [0.2, 0.25) is 0 Å². The largest absolute Gasteiger partial charge is 0.359 e. The Hall–Kier alpha value is -1.67. The molecule has 154 valence electrons. The minimum absolute atomic E-state index is 0.226. The molecule has 0 amide bonds. The maximum atomic E-state index is 6.18. The molecule has 1 aromatic rings. The summed E-state index contributed by atoms with van der Waals surface area (Å²) < 4.78 is 0. The number of nitrogens with one attached hydrogen (secondary N) is 1. The lowest BCUT2D eigenvalue weighted by molar-refractivity contribution is 0.411. The van der Waals surface area contributed by atoms with E-state index >= 15 is 0 Å². The first-order valence-corrected chi connectivity index (χ1v) is 10.7. The number of anilines is 2. The van der Waals surface area contributed by atoms with Gasteiger partial charge in [-0.15, -0.1) is 0 Å². The molecule has 1 aromatic carbocycles. The quantitative estimate of drug-likeness (QED) is 0.537. The Bertz CT molecular complexity index is 766. The maximum absolute atomic E-state index is 6.18. The number of benzene rings is 1. The van der Waals surface area contributed by atoms with Crippen LogP contribution in [0.1, 0.15) is 71.4 Å². The van der Waals surface area contributed by atoms with Crippen molar-refractivity contribution < 1.29 is 0 Å². The van der Waals surface area contributed by atoms with Crippen LogP contribution in [0.3, 0.4) is 0 Å². The average molecular weight is 401 g/mol. The summed E-state index contributed by atoms with van der Waals surface area (Å²) >= 11 is 6.18.